The van der Waals surface area contributed by atoms with Crippen molar-refractivity contribution in [3.8, 4) is 6.07 Å². The summed E-state index contributed by atoms with van der Waals surface area (Å²) in [4.78, 5) is 0.256. The van der Waals surface area contributed by atoms with Crippen molar-refractivity contribution in [2.45, 2.75) is 30.6 Å². The molecular formula is C14H18N2O2S. The molecule has 0 radical (unpaired) electrons. The van der Waals surface area contributed by atoms with E-state index >= 15 is 0 Å². The maximum Gasteiger partial charge on any atom is 0.242 e. The van der Waals surface area contributed by atoms with Gasteiger partial charge < -0.3 is 0 Å². The SMILES string of the molecule is CN(CC1CCCC1)S(=O)(=O)c1ccc(C#N)cc1. The van der Waals surface area contributed by atoms with E-state index in [1.165, 1.54) is 41.4 Å². The van der Waals surface area contributed by atoms with Crippen LogP contribution in [0.2, 0.25) is 0 Å². The van der Waals surface area contributed by atoms with Crippen LogP contribution in [0.3, 0.4) is 0 Å². The Morgan fingerprint density at radius 2 is 1.84 bits per heavy atom. The van der Waals surface area contributed by atoms with Crippen molar-refractivity contribution < 1.29 is 8.42 Å². The number of nitriles is 1. The van der Waals surface area contributed by atoms with Crippen LogP contribution in [0.4, 0.5) is 0 Å². The van der Waals surface area contributed by atoms with E-state index in [1.54, 1.807) is 7.05 Å². The van der Waals surface area contributed by atoms with Gasteiger partial charge in [0.1, 0.15) is 0 Å². The smallest absolute Gasteiger partial charge is 0.207 e. The van der Waals surface area contributed by atoms with Gasteiger partial charge in [-0.15, -0.1) is 0 Å². The molecule has 4 nitrogen and oxygen atoms in total. The van der Waals surface area contributed by atoms with E-state index in [0.717, 1.165) is 12.8 Å². The molecule has 1 aromatic carbocycles. The highest BCUT2D eigenvalue weighted by molar-refractivity contribution is 7.89. The van der Waals surface area contributed by atoms with Crippen molar-refractivity contribution in [1.29, 1.82) is 5.26 Å². The van der Waals surface area contributed by atoms with E-state index in [9.17, 15) is 8.42 Å². The first-order chi connectivity index (χ1) is 9.04. The molecule has 1 aliphatic rings. The first kappa shape index (κ1) is 14.0. The Bertz CT molecular complexity index is 566. The van der Waals surface area contributed by atoms with Gasteiger partial charge in [-0.05, 0) is 43.0 Å². The summed E-state index contributed by atoms with van der Waals surface area (Å²) in [6.07, 6.45) is 4.64. The molecule has 2 rings (SSSR count). The van der Waals surface area contributed by atoms with Crippen molar-refractivity contribution in [2.75, 3.05) is 13.6 Å². The average molecular weight is 278 g/mol. The molecule has 0 aliphatic heterocycles. The van der Waals surface area contributed by atoms with Gasteiger partial charge in [-0.1, -0.05) is 12.8 Å². The van der Waals surface area contributed by atoms with Crippen LogP contribution in [-0.2, 0) is 10.0 Å². The van der Waals surface area contributed by atoms with E-state index in [0.29, 0.717) is 18.0 Å². The quantitative estimate of drug-likeness (QED) is 0.849. The van der Waals surface area contributed by atoms with E-state index in [-0.39, 0.29) is 4.90 Å². The molecule has 19 heavy (non-hydrogen) atoms. The molecular weight excluding hydrogens is 260 g/mol. The molecule has 0 heterocycles. The molecule has 5 heteroatoms. The molecule has 0 spiro atoms. The number of hydrogen-bond acceptors (Lipinski definition) is 3. The standard InChI is InChI=1S/C14H18N2O2S/c1-16(11-13-4-2-3-5-13)19(17,18)14-8-6-12(10-15)7-9-14/h6-9,13H,2-5,11H2,1H3. The second-order valence-electron chi connectivity index (χ2n) is 5.07. The van der Waals surface area contributed by atoms with E-state index in [2.05, 4.69) is 0 Å². The van der Waals surface area contributed by atoms with Gasteiger partial charge >= 0.3 is 0 Å². The lowest BCUT2D eigenvalue weighted by molar-refractivity contribution is 0.387. The minimum absolute atomic E-state index is 0.256. The highest BCUT2D eigenvalue weighted by Gasteiger charge is 2.25. The number of rotatable bonds is 4. The number of nitrogens with zero attached hydrogens (tertiary/aromatic N) is 2. The maximum atomic E-state index is 12.4. The van der Waals surface area contributed by atoms with E-state index < -0.39 is 10.0 Å². The third kappa shape index (κ3) is 3.14. The lowest BCUT2D eigenvalue weighted by Crippen LogP contribution is -2.31. The normalized spacial score (nSPS) is 16.7. The van der Waals surface area contributed by atoms with Gasteiger partial charge in [0.15, 0.2) is 0 Å². The van der Waals surface area contributed by atoms with E-state index in [4.69, 9.17) is 5.26 Å². The van der Waals surface area contributed by atoms with Gasteiger partial charge in [0.25, 0.3) is 0 Å². The summed E-state index contributed by atoms with van der Waals surface area (Å²) in [6.45, 7) is 0.586. The predicted octanol–water partition coefficient (Wildman–Crippen LogP) is 2.37. The second-order valence-corrected chi connectivity index (χ2v) is 7.12. The van der Waals surface area contributed by atoms with Crippen molar-refractivity contribution in [3.63, 3.8) is 0 Å². The zero-order valence-corrected chi connectivity index (χ0v) is 11.9. The van der Waals surface area contributed by atoms with Crippen LogP contribution in [0.25, 0.3) is 0 Å². The summed E-state index contributed by atoms with van der Waals surface area (Å²) >= 11 is 0. The summed E-state index contributed by atoms with van der Waals surface area (Å²) in [6, 6.07) is 8.06. The van der Waals surface area contributed by atoms with Gasteiger partial charge in [-0.2, -0.15) is 5.26 Å². The molecule has 0 amide bonds. The minimum atomic E-state index is -3.43. The number of sulfonamides is 1. The lowest BCUT2D eigenvalue weighted by Gasteiger charge is -2.20. The maximum absolute atomic E-state index is 12.4. The Hall–Kier alpha value is -1.38. The fourth-order valence-electron chi connectivity index (χ4n) is 2.54. The van der Waals surface area contributed by atoms with Crippen molar-refractivity contribution >= 4 is 10.0 Å². The van der Waals surface area contributed by atoms with Crippen LogP contribution in [0, 0.1) is 17.2 Å². The number of benzene rings is 1. The summed E-state index contributed by atoms with van der Waals surface area (Å²) in [5, 5.41) is 8.72. The summed E-state index contributed by atoms with van der Waals surface area (Å²) in [5.74, 6) is 0.484. The minimum Gasteiger partial charge on any atom is -0.207 e. The van der Waals surface area contributed by atoms with Gasteiger partial charge in [0.2, 0.25) is 10.0 Å². The zero-order chi connectivity index (χ0) is 13.9. The third-order valence-corrected chi connectivity index (χ3v) is 5.52. The summed E-state index contributed by atoms with van der Waals surface area (Å²) in [7, 11) is -1.80. The molecule has 0 unspecified atom stereocenters. The van der Waals surface area contributed by atoms with Crippen LogP contribution < -0.4 is 0 Å². The third-order valence-electron chi connectivity index (χ3n) is 3.68. The summed E-state index contributed by atoms with van der Waals surface area (Å²) < 4.78 is 26.2. The lowest BCUT2D eigenvalue weighted by atomic mass is 10.1. The molecule has 1 aliphatic carbocycles. The molecule has 0 saturated heterocycles. The van der Waals surface area contributed by atoms with Gasteiger partial charge in [-0.3, -0.25) is 0 Å². The number of hydrogen-bond donors (Lipinski definition) is 0. The molecule has 1 aromatic rings. The Labute approximate surface area is 114 Å². The van der Waals surface area contributed by atoms with E-state index in [1.807, 2.05) is 6.07 Å². The fourth-order valence-corrected chi connectivity index (χ4v) is 3.78. The topological polar surface area (TPSA) is 61.2 Å². The fraction of sp³-hybridized carbons (Fsp3) is 0.500. The first-order valence-electron chi connectivity index (χ1n) is 6.50. The second kappa shape index (κ2) is 5.72. The molecule has 1 fully saturated rings. The molecule has 0 N–H and O–H groups in total. The molecule has 0 atom stereocenters. The molecule has 0 bridgehead atoms. The Morgan fingerprint density at radius 3 is 2.37 bits per heavy atom. The monoisotopic (exact) mass is 278 g/mol. The highest BCUT2D eigenvalue weighted by Crippen LogP contribution is 2.27. The highest BCUT2D eigenvalue weighted by atomic mass is 32.2. The molecule has 0 aromatic heterocycles. The van der Waals surface area contributed by atoms with Gasteiger partial charge in [0, 0.05) is 13.6 Å². The summed E-state index contributed by atoms with van der Waals surface area (Å²) in [5.41, 5.74) is 0.470. The van der Waals surface area contributed by atoms with Gasteiger partial charge in [0.05, 0.1) is 16.5 Å². The first-order valence-corrected chi connectivity index (χ1v) is 7.94. The van der Waals surface area contributed by atoms with Crippen LogP contribution in [0.1, 0.15) is 31.2 Å². The molecule has 102 valence electrons. The van der Waals surface area contributed by atoms with Crippen molar-refractivity contribution in [1.82, 2.24) is 4.31 Å². The predicted molar refractivity (Wildman–Crippen MR) is 72.9 cm³/mol. The Kier molecular flexibility index (Phi) is 4.23. The van der Waals surface area contributed by atoms with Crippen LogP contribution in [0.5, 0.6) is 0 Å². The largest absolute Gasteiger partial charge is 0.242 e. The molecule has 1 saturated carbocycles. The Morgan fingerprint density at radius 1 is 1.26 bits per heavy atom. The van der Waals surface area contributed by atoms with Crippen LogP contribution in [0.15, 0.2) is 29.2 Å². The Balaban J connectivity index is 2.13. The van der Waals surface area contributed by atoms with Crippen molar-refractivity contribution in [3.05, 3.63) is 29.8 Å². The van der Waals surface area contributed by atoms with Crippen LogP contribution in [-0.4, -0.2) is 26.3 Å². The zero-order valence-electron chi connectivity index (χ0n) is 11.0. The van der Waals surface area contributed by atoms with Crippen LogP contribution >= 0.6 is 0 Å². The average Bonchev–Trinajstić information content (AvgIpc) is 2.91. The van der Waals surface area contributed by atoms with Gasteiger partial charge in [-0.25, -0.2) is 12.7 Å². The van der Waals surface area contributed by atoms with Crippen molar-refractivity contribution in [2.24, 2.45) is 5.92 Å².